The summed E-state index contributed by atoms with van der Waals surface area (Å²) in [6.45, 7) is 0.131. The summed E-state index contributed by atoms with van der Waals surface area (Å²) in [6.07, 6.45) is 6.13. The summed E-state index contributed by atoms with van der Waals surface area (Å²) in [4.78, 5) is 11.1. The predicted molar refractivity (Wildman–Crippen MR) is 46.5 cm³/mol. The van der Waals surface area contributed by atoms with E-state index in [0.29, 0.717) is 0 Å². The van der Waals surface area contributed by atoms with Crippen LogP contribution in [0.25, 0.3) is 0 Å². The summed E-state index contributed by atoms with van der Waals surface area (Å²) in [5, 5.41) is 3.07. The Hall–Kier alpha value is -0.570. The molecule has 2 aliphatic carbocycles. The number of hydrogen-bond acceptors (Lipinski definition) is 2. The van der Waals surface area contributed by atoms with Crippen molar-refractivity contribution in [2.45, 2.75) is 37.6 Å². The number of rotatable bonds is 2. The van der Waals surface area contributed by atoms with E-state index in [9.17, 15) is 4.79 Å². The maximum Gasteiger partial charge on any atom is 0.234 e. The average Bonchev–Trinajstić information content (AvgIpc) is 2.63. The third kappa shape index (κ3) is 1.22. The SMILES string of the molecule is NCC(=O)NC12CCC(CC1)C2. The molecule has 2 saturated carbocycles. The van der Waals surface area contributed by atoms with E-state index in [1.807, 2.05) is 0 Å². The highest BCUT2D eigenvalue weighted by molar-refractivity contribution is 5.78. The summed E-state index contributed by atoms with van der Waals surface area (Å²) >= 11 is 0. The van der Waals surface area contributed by atoms with Crippen molar-refractivity contribution in [3.05, 3.63) is 0 Å². The summed E-state index contributed by atoms with van der Waals surface area (Å²) in [5.74, 6) is 0.889. The van der Waals surface area contributed by atoms with E-state index < -0.39 is 0 Å². The fourth-order valence-electron chi connectivity index (χ4n) is 2.71. The van der Waals surface area contributed by atoms with Crippen LogP contribution in [0.15, 0.2) is 0 Å². The molecule has 3 heteroatoms. The number of hydrogen-bond donors (Lipinski definition) is 2. The normalized spacial score (nSPS) is 38.6. The van der Waals surface area contributed by atoms with Crippen molar-refractivity contribution >= 4 is 5.91 Å². The molecule has 0 radical (unpaired) electrons. The lowest BCUT2D eigenvalue weighted by molar-refractivity contribution is -0.121. The van der Waals surface area contributed by atoms with Gasteiger partial charge in [-0.25, -0.2) is 0 Å². The molecule has 2 fully saturated rings. The Balaban J connectivity index is 1.98. The van der Waals surface area contributed by atoms with E-state index in [1.54, 1.807) is 0 Å². The van der Waals surface area contributed by atoms with E-state index >= 15 is 0 Å². The van der Waals surface area contributed by atoms with Crippen molar-refractivity contribution in [1.29, 1.82) is 0 Å². The van der Waals surface area contributed by atoms with Crippen molar-refractivity contribution in [1.82, 2.24) is 5.32 Å². The maximum absolute atomic E-state index is 11.1. The molecule has 1 amide bonds. The van der Waals surface area contributed by atoms with Crippen LogP contribution < -0.4 is 11.1 Å². The Morgan fingerprint density at radius 2 is 2.17 bits per heavy atom. The molecule has 3 nitrogen and oxygen atoms in total. The molecule has 0 aromatic rings. The molecule has 0 unspecified atom stereocenters. The highest BCUT2D eigenvalue weighted by Gasteiger charge is 2.45. The molecule has 0 atom stereocenters. The van der Waals surface area contributed by atoms with Crippen LogP contribution in [-0.4, -0.2) is 18.0 Å². The lowest BCUT2D eigenvalue weighted by Gasteiger charge is -2.27. The predicted octanol–water partition coefficient (Wildman–Crippen LogP) is 0.394. The van der Waals surface area contributed by atoms with Crippen LogP contribution in [0, 0.1) is 5.92 Å². The number of carbonyl (C=O) groups excluding carboxylic acids is 1. The van der Waals surface area contributed by atoms with Gasteiger partial charge in [-0.05, 0) is 38.0 Å². The molecular weight excluding hydrogens is 152 g/mol. The van der Waals surface area contributed by atoms with Gasteiger partial charge in [-0.1, -0.05) is 0 Å². The Morgan fingerprint density at radius 1 is 1.50 bits per heavy atom. The van der Waals surface area contributed by atoms with Gasteiger partial charge in [0.1, 0.15) is 0 Å². The minimum absolute atomic E-state index is 0.0116. The van der Waals surface area contributed by atoms with Crippen LogP contribution in [0.3, 0.4) is 0 Å². The number of nitrogens with two attached hydrogens (primary N) is 1. The van der Waals surface area contributed by atoms with Crippen LogP contribution >= 0.6 is 0 Å². The van der Waals surface area contributed by atoms with Crippen molar-refractivity contribution in [3.63, 3.8) is 0 Å². The van der Waals surface area contributed by atoms with Gasteiger partial charge in [0.2, 0.25) is 5.91 Å². The quantitative estimate of drug-likeness (QED) is 0.627. The highest BCUT2D eigenvalue weighted by atomic mass is 16.2. The molecule has 0 aliphatic heterocycles. The summed E-state index contributed by atoms with van der Waals surface area (Å²) in [7, 11) is 0. The fourth-order valence-corrected chi connectivity index (χ4v) is 2.71. The van der Waals surface area contributed by atoms with Gasteiger partial charge >= 0.3 is 0 Å². The van der Waals surface area contributed by atoms with Gasteiger partial charge in [0.05, 0.1) is 6.54 Å². The third-order valence-corrected chi connectivity index (χ3v) is 3.33. The molecule has 0 heterocycles. The van der Waals surface area contributed by atoms with Gasteiger partial charge in [0, 0.05) is 5.54 Å². The number of nitrogens with one attached hydrogen (secondary N) is 1. The van der Waals surface area contributed by atoms with E-state index in [-0.39, 0.29) is 18.0 Å². The van der Waals surface area contributed by atoms with E-state index in [2.05, 4.69) is 5.32 Å². The first-order valence-corrected chi connectivity index (χ1v) is 4.75. The van der Waals surface area contributed by atoms with Crippen molar-refractivity contribution in [2.75, 3.05) is 6.54 Å². The molecule has 2 aliphatic rings. The lowest BCUT2D eigenvalue weighted by atomic mass is 9.94. The highest BCUT2D eigenvalue weighted by Crippen LogP contribution is 2.47. The van der Waals surface area contributed by atoms with Crippen molar-refractivity contribution in [2.24, 2.45) is 11.7 Å². The number of carbonyl (C=O) groups is 1. The first-order chi connectivity index (χ1) is 5.74. The Bertz CT molecular complexity index is 195. The first kappa shape index (κ1) is 8.05. The van der Waals surface area contributed by atoms with Crippen molar-refractivity contribution < 1.29 is 4.79 Å². The van der Waals surface area contributed by atoms with Gasteiger partial charge in [0.15, 0.2) is 0 Å². The van der Waals surface area contributed by atoms with Crippen LogP contribution in [0.4, 0.5) is 0 Å². The zero-order valence-electron chi connectivity index (χ0n) is 7.31. The fraction of sp³-hybridized carbons (Fsp3) is 0.889. The molecule has 2 rings (SSSR count). The summed E-state index contributed by atoms with van der Waals surface area (Å²) in [6, 6.07) is 0. The van der Waals surface area contributed by atoms with Crippen LogP contribution in [0.2, 0.25) is 0 Å². The standard InChI is InChI=1S/C9H16N2O/c10-6-8(12)11-9-3-1-7(5-9)2-4-9/h7H,1-6,10H2,(H,11,12). The monoisotopic (exact) mass is 168 g/mol. The zero-order chi connectivity index (χ0) is 8.60. The van der Waals surface area contributed by atoms with E-state index in [4.69, 9.17) is 5.73 Å². The largest absolute Gasteiger partial charge is 0.350 e. The molecule has 0 aromatic carbocycles. The average molecular weight is 168 g/mol. The molecule has 0 saturated heterocycles. The second-order valence-electron chi connectivity index (χ2n) is 4.18. The molecule has 2 bridgehead atoms. The maximum atomic E-state index is 11.1. The second-order valence-corrected chi connectivity index (χ2v) is 4.18. The van der Waals surface area contributed by atoms with Crippen LogP contribution in [-0.2, 0) is 4.79 Å². The number of fused-ring (bicyclic) bond motifs is 2. The molecule has 0 spiro atoms. The Morgan fingerprint density at radius 3 is 2.58 bits per heavy atom. The van der Waals surface area contributed by atoms with Gasteiger partial charge in [-0.3, -0.25) is 4.79 Å². The number of amides is 1. The van der Waals surface area contributed by atoms with Gasteiger partial charge in [-0.2, -0.15) is 0 Å². The summed E-state index contributed by atoms with van der Waals surface area (Å²) < 4.78 is 0. The smallest absolute Gasteiger partial charge is 0.234 e. The Labute approximate surface area is 72.7 Å². The van der Waals surface area contributed by atoms with Gasteiger partial charge in [0.25, 0.3) is 0 Å². The molecule has 0 aromatic heterocycles. The minimum atomic E-state index is 0.0116. The molecule has 3 N–H and O–H groups in total. The van der Waals surface area contributed by atoms with Crippen LogP contribution in [0.5, 0.6) is 0 Å². The van der Waals surface area contributed by atoms with Crippen molar-refractivity contribution in [3.8, 4) is 0 Å². The van der Waals surface area contributed by atoms with Gasteiger partial charge < -0.3 is 11.1 Å². The molecular formula is C9H16N2O. The van der Waals surface area contributed by atoms with Crippen LogP contribution in [0.1, 0.15) is 32.1 Å². The zero-order valence-corrected chi connectivity index (χ0v) is 7.31. The van der Waals surface area contributed by atoms with Gasteiger partial charge in [-0.15, -0.1) is 0 Å². The summed E-state index contributed by atoms with van der Waals surface area (Å²) in [5.41, 5.74) is 5.42. The Kier molecular flexibility index (Phi) is 1.83. The second kappa shape index (κ2) is 2.73. The van der Waals surface area contributed by atoms with E-state index in [1.165, 1.54) is 32.1 Å². The molecule has 12 heavy (non-hydrogen) atoms. The first-order valence-electron chi connectivity index (χ1n) is 4.75. The topological polar surface area (TPSA) is 55.1 Å². The third-order valence-electron chi connectivity index (χ3n) is 3.33. The minimum Gasteiger partial charge on any atom is -0.350 e. The van der Waals surface area contributed by atoms with E-state index in [0.717, 1.165) is 5.92 Å². The molecule has 68 valence electrons. The lowest BCUT2D eigenvalue weighted by Crippen LogP contribution is -2.47.